The maximum atomic E-state index is 12.6. The smallest absolute Gasteiger partial charge is 0.261 e. The molecule has 0 bridgehead atoms. The normalized spacial score (nSPS) is 10.5. The van der Waals surface area contributed by atoms with Crippen molar-refractivity contribution in [2.24, 2.45) is 0 Å². The molecule has 0 aliphatic heterocycles. The summed E-state index contributed by atoms with van der Waals surface area (Å²) in [5, 5.41) is 18.8. The summed E-state index contributed by atoms with van der Waals surface area (Å²) >= 11 is 5.20. The van der Waals surface area contributed by atoms with Gasteiger partial charge in [-0.1, -0.05) is 36.3 Å². The molecule has 134 valence electrons. The number of rotatable bonds is 5. The number of carbonyl (C=O) groups is 1. The van der Waals surface area contributed by atoms with Crippen LogP contribution in [-0.2, 0) is 6.54 Å². The van der Waals surface area contributed by atoms with Crippen LogP contribution in [0.25, 0.3) is 10.8 Å². The van der Waals surface area contributed by atoms with E-state index in [2.05, 4.69) is 26.2 Å². The van der Waals surface area contributed by atoms with E-state index >= 15 is 0 Å². The number of hydrogen-bond donors (Lipinski definition) is 2. The van der Waals surface area contributed by atoms with Crippen LogP contribution in [0.15, 0.2) is 36.4 Å². The molecule has 1 heterocycles. The molecule has 3 rings (SSSR count). The van der Waals surface area contributed by atoms with Crippen molar-refractivity contribution in [3.8, 4) is 5.75 Å². The Bertz CT molecular complexity index is 955. The molecular weight excluding hydrogens is 352 g/mol. The molecule has 3 aromatic rings. The fourth-order valence-corrected chi connectivity index (χ4v) is 2.71. The molecule has 2 aromatic carbocycles. The molecular formula is C17H18N6O2S. The van der Waals surface area contributed by atoms with Gasteiger partial charge in [-0.25, -0.2) is 4.68 Å². The number of fused-ring (bicyclic) bond motifs is 1. The van der Waals surface area contributed by atoms with Gasteiger partial charge in [0.2, 0.25) is 5.95 Å². The lowest BCUT2D eigenvalue weighted by atomic mass is 10.1. The van der Waals surface area contributed by atoms with Crippen molar-refractivity contribution < 1.29 is 9.53 Å². The minimum absolute atomic E-state index is 0.109. The zero-order chi connectivity index (χ0) is 18.5. The van der Waals surface area contributed by atoms with E-state index < -0.39 is 0 Å². The van der Waals surface area contributed by atoms with Crippen LogP contribution in [-0.4, -0.2) is 38.3 Å². The van der Waals surface area contributed by atoms with Crippen LogP contribution in [0.2, 0.25) is 0 Å². The SMILES string of the molecule is CCCn1nnnc1NC(=S)NC(=O)c1cc2ccccc2cc1OC. The third-order valence-corrected chi connectivity index (χ3v) is 3.94. The van der Waals surface area contributed by atoms with E-state index in [0.717, 1.165) is 17.2 Å². The van der Waals surface area contributed by atoms with Gasteiger partial charge in [-0.15, -0.1) is 0 Å². The number of tetrazole rings is 1. The predicted octanol–water partition coefficient (Wildman–Crippen LogP) is 2.37. The second kappa shape index (κ2) is 7.87. The van der Waals surface area contributed by atoms with E-state index in [4.69, 9.17) is 17.0 Å². The van der Waals surface area contributed by atoms with Crippen molar-refractivity contribution in [1.82, 2.24) is 25.5 Å². The molecule has 0 aliphatic rings. The number of nitrogens with zero attached hydrogens (tertiary/aromatic N) is 4. The van der Waals surface area contributed by atoms with Crippen molar-refractivity contribution in [2.45, 2.75) is 19.9 Å². The molecule has 0 unspecified atom stereocenters. The number of aryl methyl sites for hydroxylation is 1. The first-order valence-electron chi connectivity index (χ1n) is 8.07. The highest BCUT2D eigenvalue weighted by Crippen LogP contribution is 2.25. The molecule has 0 atom stereocenters. The molecule has 8 nitrogen and oxygen atoms in total. The average molecular weight is 370 g/mol. The Kier molecular flexibility index (Phi) is 5.37. The highest BCUT2D eigenvalue weighted by atomic mass is 32.1. The summed E-state index contributed by atoms with van der Waals surface area (Å²) < 4.78 is 6.93. The molecule has 0 aliphatic carbocycles. The van der Waals surface area contributed by atoms with E-state index in [1.165, 1.54) is 7.11 Å². The van der Waals surface area contributed by atoms with Crippen molar-refractivity contribution in [1.29, 1.82) is 0 Å². The lowest BCUT2D eigenvalue weighted by molar-refractivity contribution is 0.0975. The molecule has 1 aromatic heterocycles. The van der Waals surface area contributed by atoms with E-state index in [1.54, 1.807) is 10.7 Å². The van der Waals surface area contributed by atoms with Gasteiger partial charge in [0.05, 0.1) is 12.7 Å². The van der Waals surface area contributed by atoms with Crippen LogP contribution < -0.4 is 15.4 Å². The summed E-state index contributed by atoms with van der Waals surface area (Å²) in [6, 6.07) is 11.3. The molecule has 9 heteroatoms. The van der Waals surface area contributed by atoms with Gasteiger partial charge < -0.3 is 4.74 Å². The molecule has 0 fully saturated rings. The van der Waals surface area contributed by atoms with Gasteiger partial charge in [-0.2, -0.15) is 0 Å². The van der Waals surface area contributed by atoms with Crippen molar-refractivity contribution in [2.75, 3.05) is 12.4 Å². The molecule has 0 spiro atoms. The Morgan fingerprint density at radius 1 is 1.27 bits per heavy atom. The Balaban J connectivity index is 1.77. The number of thiocarbonyl (C=S) groups is 1. The quantitative estimate of drug-likeness (QED) is 0.666. The molecule has 2 N–H and O–H groups in total. The van der Waals surface area contributed by atoms with Crippen molar-refractivity contribution in [3.05, 3.63) is 42.0 Å². The van der Waals surface area contributed by atoms with Gasteiger partial charge in [0.1, 0.15) is 5.75 Å². The molecule has 26 heavy (non-hydrogen) atoms. The van der Waals surface area contributed by atoms with Gasteiger partial charge in [0, 0.05) is 6.54 Å². The summed E-state index contributed by atoms with van der Waals surface area (Å²) in [6.07, 6.45) is 0.868. The number of benzene rings is 2. The van der Waals surface area contributed by atoms with E-state index in [1.807, 2.05) is 37.3 Å². The topological polar surface area (TPSA) is 94.0 Å². The third kappa shape index (κ3) is 3.77. The number of hydrogen-bond acceptors (Lipinski definition) is 6. The summed E-state index contributed by atoms with van der Waals surface area (Å²) in [7, 11) is 1.52. The second-order valence-corrected chi connectivity index (χ2v) is 5.94. The first-order chi connectivity index (χ1) is 12.6. The maximum Gasteiger partial charge on any atom is 0.261 e. The number of methoxy groups -OCH3 is 1. The summed E-state index contributed by atoms with van der Waals surface area (Å²) in [6.45, 7) is 2.65. The Morgan fingerprint density at radius 3 is 2.69 bits per heavy atom. The number of anilines is 1. The van der Waals surface area contributed by atoms with Gasteiger partial charge in [0.25, 0.3) is 5.91 Å². The number of nitrogens with one attached hydrogen (secondary N) is 2. The first kappa shape index (κ1) is 17.7. The Labute approximate surface area is 155 Å². The first-order valence-corrected chi connectivity index (χ1v) is 8.48. The monoisotopic (exact) mass is 370 g/mol. The minimum atomic E-state index is -0.375. The number of ether oxygens (including phenoxy) is 1. The van der Waals surface area contributed by atoms with Crippen molar-refractivity contribution in [3.63, 3.8) is 0 Å². The van der Waals surface area contributed by atoms with E-state index in [-0.39, 0.29) is 11.0 Å². The lowest BCUT2D eigenvalue weighted by Gasteiger charge is -2.12. The summed E-state index contributed by atoms with van der Waals surface area (Å²) in [4.78, 5) is 12.6. The van der Waals surface area contributed by atoms with Crippen molar-refractivity contribution >= 4 is 40.0 Å². The van der Waals surface area contributed by atoms with Gasteiger partial charge in [-0.05, 0) is 52.0 Å². The van der Waals surface area contributed by atoms with Crippen LogP contribution in [0.4, 0.5) is 5.95 Å². The van der Waals surface area contributed by atoms with E-state index in [0.29, 0.717) is 23.8 Å². The van der Waals surface area contributed by atoms with Crippen LogP contribution in [0.1, 0.15) is 23.7 Å². The number of aromatic nitrogens is 4. The molecule has 0 saturated carbocycles. The zero-order valence-corrected chi connectivity index (χ0v) is 15.2. The van der Waals surface area contributed by atoms with Gasteiger partial charge in [0.15, 0.2) is 5.11 Å². The second-order valence-electron chi connectivity index (χ2n) is 5.53. The van der Waals surface area contributed by atoms with Crippen LogP contribution in [0, 0.1) is 0 Å². The zero-order valence-electron chi connectivity index (χ0n) is 14.4. The summed E-state index contributed by atoms with van der Waals surface area (Å²) in [5.74, 6) is 0.474. The Hall–Kier alpha value is -3.07. The van der Waals surface area contributed by atoms with Crippen LogP contribution in [0.5, 0.6) is 5.75 Å². The third-order valence-electron chi connectivity index (χ3n) is 3.73. The molecule has 0 saturated heterocycles. The van der Waals surface area contributed by atoms with Gasteiger partial charge >= 0.3 is 0 Å². The predicted molar refractivity (Wildman–Crippen MR) is 102 cm³/mol. The summed E-state index contributed by atoms with van der Waals surface area (Å²) in [5.41, 5.74) is 0.392. The molecule has 1 amide bonds. The average Bonchev–Trinajstić information content (AvgIpc) is 3.07. The van der Waals surface area contributed by atoms with E-state index in [9.17, 15) is 4.79 Å². The van der Waals surface area contributed by atoms with Gasteiger partial charge in [-0.3, -0.25) is 15.4 Å². The maximum absolute atomic E-state index is 12.6. The Morgan fingerprint density at radius 2 is 2.00 bits per heavy atom. The van der Waals surface area contributed by atoms with Crippen LogP contribution in [0.3, 0.4) is 0 Å². The molecule has 0 radical (unpaired) electrons. The lowest BCUT2D eigenvalue weighted by Crippen LogP contribution is -2.35. The standard InChI is InChI=1S/C17H18N6O2S/c1-3-8-23-16(20-21-22-23)19-17(26)18-15(24)13-9-11-6-4-5-7-12(11)10-14(13)25-2/h4-7,9-10H,3,8H2,1-2H3,(H2,18,19,20,22,24,26). The largest absolute Gasteiger partial charge is 0.496 e. The number of carbonyl (C=O) groups excluding carboxylic acids is 1. The fourth-order valence-electron chi connectivity index (χ4n) is 2.53. The highest BCUT2D eigenvalue weighted by Gasteiger charge is 2.16. The van der Waals surface area contributed by atoms with Crippen LogP contribution >= 0.6 is 12.2 Å². The highest BCUT2D eigenvalue weighted by molar-refractivity contribution is 7.80. The fraction of sp³-hybridized carbons (Fsp3) is 0.235. The number of amides is 1. The minimum Gasteiger partial charge on any atom is -0.496 e.